The molecule has 1 heterocycles. The van der Waals surface area contributed by atoms with Crippen molar-refractivity contribution in [3.63, 3.8) is 0 Å². The summed E-state index contributed by atoms with van der Waals surface area (Å²) in [5.74, 6) is 0.643. The zero-order chi connectivity index (χ0) is 12.4. The molecule has 1 aromatic carbocycles. The van der Waals surface area contributed by atoms with Crippen molar-refractivity contribution in [1.82, 2.24) is 5.32 Å². The standard InChI is InChI=1S/C14H17NO3/c16-14(18-9-10-4-2-1-3-5-10)15-12-8-11-6-7-17-13(11)12/h1-5,11-13H,6-9H2,(H,15,16)/t11-,12-,13-/m1/s1. The number of carbonyl (C=O) groups is 1. The van der Waals surface area contributed by atoms with E-state index < -0.39 is 0 Å². The summed E-state index contributed by atoms with van der Waals surface area (Å²) in [6, 6.07) is 9.81. The van der Waals surface area contributed by atoms with Crippen LogP contribution in [0.15, 0.2) is 30.3 Å². The second kappa shape index (κ2) is 4.98. The Morgan fingerprint density at radius 1 is 1.39 bits per heavy atom. The molecular formula is C14H17NO3. The molecule has 0 unspecified atom stereocenters. The molecule has 1 N–H and O–H groups in total. The van der Waals surface area contributed by atoms with Crippen molar-refractivity contribution >= 4 is 6.09 Å². The summed E-state index contributed by atoms with van der Waals surface area (Å²) in [6.07, 6.45) is 2.01. The first kappa shape index (κ1) is 11.5. The molecule has 1 amide bonds. The van der Waals surface area contributed by atoms with Crippen LogP contribution in [0.4, 0.5) is 4.79 Å². The van der Waals surface area contributed by atoms with Gasteiger partial charge < -0.3 is 14.8 Å². The average Bonchev–Trinajstić information content (AvgIpc) is 2.76. The van der Waals surface area contributed by atoms with Gasteiger partial charge in [-0.15, -0.1) is 0 Å². The smallest absolute Gasteiger partial charge is 0.407 e. The molecule has 2 aliphatic rings. The van der Waals surface area contributed by atoms with Crippen molar-refractivity contribution in [2.75, 3.05) is 6.61 Å². The molecule has 96 valence electrons. The lowest BCUT2D eigenvalue weighted by molar-refractivity contribution is -0.00273. The van der Waals surface area contributed by atoms with Gasteiger partial charge in [0.2, 0.25) is 0 Å². The molecule has 2 fully saturated rings. The normalized spacial score (nSPS) is 29.2. The van der Waals surface area contributed by atoms with E-state index in [0.717, 1.165) is 25.0 Å². The number of hydrogen-bond acceptors (Lipinski definition) is 3. The van der Waals surface area contributed by atoms with Crippen LogP contribution in [0.1, 0.15) is 18.4 Å². The Balaban J connectivity index is 1.43. The van der Waals surface area contributed by atoms with E-state index in [1.54, 1.807) is 0 Å². The van der Waals surface area contributed by atoms with Crippen LogP contribution in [-0.2, 0) is 16.1 Å². The fraction of sp³-hybridized carbons (Fsp3) is 0.500. The average molecular weight is 247 g/mol. The molecule has 1 saturated heterocycles. The maximum Gasteiger partial charge on any atom is 0.407 e. The molecule has 3 rings (SSSR count). The van der Waals surface area contributed by atoms with Crippen LogP contribution in [0.5, 0.6) is 0 Å². The van der Waals surface area contributed by atoms with Crippen molar-refractivity contribution in [3.05, 3.63) is 35.9 Å². The predicted molar refractivity (Wildman–Crippen MR) is 66.0 cm³/mol. The van der Waals surface area contributed by atoms with Crippen LogP contribution in [-0.4, -0.2) is 24.8 Å². The maximum absolute atomic E-state index is 11.6. The van der Waals surface area contributed by atoms with E-state index in [-0.39, 0.29) is 18.2 Å². The number of alkyl carbamates (subject to hydrolysis) is 1. The number of amides is 1. The molecule has 18 heavy (non-hydrogen) atoms. The lowest BCUT2D eigenvalue weighted by Gasteiger charge is -2.38. The number of rotatable bonds is 3. The van der Waals surface area contributed by atoms with Gasteiger partial charge in [0, 0.05) is 6.61 Å². The number of nitrogens with one attached hydrogen (secondary N) is 1. The third kappa shape index (κ3) is 2.34. The fourth-order valence-corrected chi connectivity index (χ4v) is 2.67. The van der Waals surface area contributed by atoms with Gasteiger partial charge in [-0.1, -0.05) is 30.3 Å². The highest BCUT2D eigenvalue weighted by molar-refractivity contribution is 5.68. The monoisotopic (exact) mass is 247 g/mol. The van der Waals surface area contributed by atoms with E-state index in [0.29, 0.717) is 12.5 Å². The minimum absolute atomic E-state index is 0.140. The second-order valence-electron chi connectivity index (χ2n) is 4.93. The number of hydrogen-bond donors (Lipinski definition) is 1. The Bertz CT molecular complexity index is 420. The number of benzene rings is 1. The molecule has 1 aliphatic heterocycles. The summed E-state index contributed by atoms with van der Waals surface area (Å²) >= 11 is 0. The lowest BCUT2D eigenvalue weighted by atomic mass is 9.77. The van der Waals surface area contributed by atoms with Gasteiger partial charge in [-0.05, 0) is 24.3 Å². The highest BCUT2D eigenvalue weighted by Crippen LogP contribution is 2.38. The van der Waals surface area contributed by atoms with E-state index in [1.807, 2.05) is 30.3 Å². The molecule has 4 heteroatoms. The Morgan fingerprint density at radius 3 is 3.00 bits per heavy atom. The maximum atomic E-state index is 11.6. The van der Waals surface area contributed by atoms with Gasteiger partial charge in [0.25, 0.3) is 0 Å². The van der Waals surface area contributed by atoms with Crippen LogP contribution in [0.2, 0.25) is 0 Å². The molecule has 3 atom stereocenters. The minimum atomic E-state index is -0.349. The van der Waals surface area contributed by atoms with Crippen LogP contribution < -0.4 is 5.32 Å². The third-order valence-electron chi connectivity index (χ3n) is 3.73. The minimum Gasteiger partial charge on any atom is -0.445 e. The Hall–Kier alpha value is -1.55. The van der Waals surface area contributed by atoms with Gasteiger partial charge in [-0.3, -0.25) is 0 Å². The molecule has 1 aromatic rings. The van der Waals surface area contributed by atoms with Gasteiger partial charge in [0.05, 0.1) is 12.1 Å². The highest BCUT2D eigenvalue weighted by Gasteiger charge is 2.46. The Labute approximate surface area is 106 Å². The van der Waals surface area contributed by atoms with Crippen LogP contribution in [0.3, 0.4) is 0 Å². The molecule has 0 aromatic heterocycles. The number of carbonyl (C=O) groups excluding carboxylic acids is 1. The summed E-state index contributed by atoms with van der Waals surface area (Å²) in [4.78, 5) is 11.6. The zero-order valence-corrected chi connectivity index (χ0v) is 10.2. The van der Waals surface area contributed by atoms with E-state index in [9.17, 15) is 4.79 Å². The summed E-state index contributed by atoms with van der Waals surface area (Å²) in [5.41, 5.74) is 0.997. The summed E-state index contributed by atoms with van der Waals surface area (Å²) < 4.78 is 10.7. The summed E-state index contributed by atoms with van der Waals surface area (Å²) in [7, 11) is 0. The Kier molecular flexibility index (Phi) is 3.19. The van der Waals surface area contributed by atoms with Crippen molar-refractivity contribution in [1.29, 1.82) is 0 Å². The molecular weight excluding hydrogens is 230 g/mol. The molecule has 0 bridgehead atoms. The topological polar surface area (TPSA) is 47.6 Å². The van der Waals surface area contributed by atoms with Gasteiger partial charge in [0.15, 0.2) is 0 Å². The SMILES string of the molecule is O=C(N[C@@H]1C[C@H]2CCO[C@H]21)OCc1ccccc1. The molecule has 1 aliphatic carbocycles. The summed E-state index contributed by atoms with van der Waals surface area (Å²) in [6.45, 7) is 1.14. The Morgan fingerprint density at radius 2 is 2.22 bits per heavy atom. The van der Waals surface area contributed by atoms with E-state index in [2.05, 4.69) is 5.32 Å². The van der Waals surface area contributed by atoms with Gasteiger partial charge >= 0.3 is 6.09 Å². The van der Waals surface area contributed by atoms with E-state index in [1.165, 1.54) is 0 Å². The predicted octanol–water partition coefficient (Wildman–Crippen LogP) is 2.09. The van der Waals surface area contributed by atoms with E-state index in [4.69, 9.17) is 9.47 Å². The second-order valence-corrected chi connectivity index (χ2v) is 4.93. The summed E-state index contributed by atoms with van der Waals surface area (Å²) in [5, 5.41) is 2.87. The first-order valence-electron chi connectivity index (χ1n) is 6.42. The first-order valence-corrected chi connectivity index (χ1v) is 6.42. The van der Waals surface area contributed by atoms with E-state index >= 15 is 0 Å². The highest BCUT2D eigenvalue weighted by atomic mass is 16.5. The zero-order valence-electron chi connectivity index (χ0n) is 10.2. The van der Waals surface area contributed by atoms with Gasteiger partial charge in [0.1, 0.15) is 6.61 Å². The van der Waals surface area contributed by atoms with Crippen molar-refractivity contribution in [2.24, 2.45) is 5.92 Å². The number of ether oxygens (including phenoxy) is 2. The van der Waals surface area contributed by atoms with Gasteiger partial charge in [-0.25, -0.2) is 4.79 Å². The number of fused-ring (bicyclic) bond motifs is 1. The van der Waals surface area contributed by atoms with Crippen molar-refractivity contribution in [2.45, 2.75) is 31.6 Å². The molecule has 4 nitrogen and oxygen atoms in total. The van der Waals surface area contributed by atoms with Crippen LogP contribution >= 0.6 is 0 Å². The van der Waals surface area contributed by atoms with Gasteiger partial charge in [-0.2, -0.15) is 0 Å². The fourth-order valence-electron chi connectivity index (χ4n) is 2.67. The molecule has 0 spiro atoms. The third-order valence-corrected chi connectivity index (χ3v) is 3.73. The molecule has 0 radical (unpaired) electrons. The largest absolute Gasteiger partial charge is 0.445 e. The first-order chi connectivity index (χ1) is 8.83. The lowest BCUT2D eigenvalue weighted by Crippen LogP contribution is -2.54. The van der Waals surface area contributed by atoms with Crippen LogP contribution in [0.25, 0.3) is 0 Å². The van der Waals surface area contributed by atoms with Crippen molar-refractivity contribution < 1.29 is 14.3 Å². The quantitative estimate of drug-likeness (QED) is 0.889. The van der Waals surface area contributed by atoms with Crippen LogP contribution in [0, 0.1) is 5.92 Å². The molecule has 1 saturated carbocycles. The van der Waals surface area contributed by atoms with Crippen molar-refractivity contribution in [3.8, 4) is 0 Å².